The number of aromatic nitrogens is 1. The highest BCUT2D eigenvalue weighted by atomic mass is 19.1. The number of nitriles is 1. The molecule has 3 rings (SSSR count). The van der Waals surface area contributed by atoms with Gasteiger partial charge >= 0.3 is 0 Å². The van der Waals surface area contributed by atoms with Gasteiger partial charge in [-0.15, -0.1) is 0 Å². The van der Waals surface area contributed by atoms with E-state index >= 15 is 0 Å². The number of benzene rings is 2. The molecular weight excluding hydrogens is 319 g/mol. The molecule has 0 bridgehead atoms. The summed E-state index contributed by atoms with van der Waals surface area (Å²) in [6.07, 6.45) is 3.17. The number of hydrogen-bond donors (Lipinski definition) is 0. The number of fused-ring (bicyclic) bond motifs is 1. The number of rotatable bonds is 5. The number of halogens is 1. The van der Waals surface area contributed by atoms with E-state index in [0.717, 1.165) is 22.1 Å². The Balaban J connectivity index is 2.12. The molecule has 0 aliphatic carbocycles. The van der Waals surface area contributed by atoms with Gasteiger partial charge in [0.1, 0.15) is 11.3 Å². The van der Waals surface area contributed by atoms with Gasteiger partial charge in [0.15, 0.2) is 12.0 Å². The molecule has 0 amide bonds. The minimum Gasteiger partial charge on any atom is -0.494 e. The first-order valence-electron chi connectivity index (χ1n) is 7.71. The Labute approximate surface area is 144 Å². The highest BCUT2D eigenvalue weighted by Gasteiger charge is 2.14. The number of nitrogens with zero attached hydrogens (tertiary/aromatic N) is 2. The molecule has 124 valence electrons. The summed E-state index contributed by atoms with van der Waals surface area (Å²) in [6, 6.07) is 12.0. The van der Waals surface area contributed by atoms with Crippen LogP contribution in [0.4, 0.5) is 4.39 Å². The van der Waals surface area contributed by atoms with E-state index in [2.05, 4.69) is 11.1 Å². The Kier molecular flexibility index (Phi) is 4.71. The summed E-state index contributed by atoms with van der Waals surface area (Å²) in [4.78, 5) is 15.8. The monoisotopic (exact) mass is 334 g/mol. The van der Waals surface area contributed by atoms with Gasteiger partial charge in [-0.2, -0.15) is 5.26 Å². The van der Waals surface area contributed by atoms with Gasteiger partial charge in [-0.3, -0.25) is 9.78 Å². The van der Waals surface area contributed by atoms with Crippen LogP contribution < -0.4 is 4.74 Å². The molecule has 0 atom stereocenters. The Morgan fingerprint density at radius 3 is 2.64 bits per heavy atom. The fraction of sp³-hybridized carbons (Fsp3) is 0.150. The van der Waals surface area contributed by atoms with Crippen LogP contribution in [0.1, 0.15) is 27.0 Å². The van der Waals surface area contributed by atoms with E-state index in [4.69, 9.17) is 10.00 Å². The van der Waals surface area contributed by atoms with Crippen molar-refractivity contribution in [3.8, 4) is 11.8 Å². The topological polar surface area (TPSA) is 63.0 Å². The van der Waals surface area contributed by atoms with E-state index in [9.17, 15) is 9.18 Å². The van der Waals surface area contributed by atoms with E-state index < -0.39 is 0 Å². The maximum Gasteiger partial charge on any atom is 0.155 e. The average Bonchev–Trinajstić information content (AvgIpc) is 2.63. The van der Waals surface area contributed by atoms with E-state index in [1.165, 1.54) is 19.2 Å². The fourth-order valence-electron chi connectivity index (χ4n) is 2.87. The molecule has 0 aliphatic heterocycles. The molecule has 1 aromatic heterocycles. The molecule has 1 heterocycles. The number of ether oxygens (including phenoxy) is 1. The van der Waals surface area contributed by atoms with Gasteiger partial charge in [0, 0.05) is 11.6 Å². The minimum absolute atomic E-state index is 0.170. The van der Waals surface area contributed by atoms with Crippen LogP contribution in [-0.2, 0) is 12.8 Å². The molecule has 0 unspecified atom stereocenters. The van der Waals surface area contributed by atoms with Gasteiger partial charge < -0.3 is 4.74 Å². The minimum atomic E-state index is -0.275. The van der Waals surface area contributed by atoms with Crippen molar-refractivity contribution in [3.05, 3.63) is 70.7 Å². The summed E-state index contributed by atoms with van der Waals surface area (Å²) in [5.41, 5.74) is 3.55. The molecule has 0 saturated heterocycles. The fourth-order valence-corrected chi connectivity index (χ4v) is 2.87. The number of aldehydes is 1. The molecule has 0 aliphatic rings. The zero-order valence-corrected chi connectivity index (χ0v) is 13.6. The lowest BCUT2D eigenvalue weighted by molar-refractivity contribution is 0.112. The van der Waals surface area contributed by atoms with Crippen molar-refractivity contribution in [2.24, 2.45) is 0 Å². The van der Waals surface area contributed by atoms with Crippen LogP contribution in [0.2, 0.25) is 0 Å². The first-order valence-corrected chi connectivity index (χ1v) is 7.71. The third-order valence-corrected chi connectivity index (χ3v) is 4.02. The lowest BCUT2D eigenvalue weighted by atomic mass is 9.98. The third-order valence-electron chi connectivity index (χ3n) is 4.02. The van der Waals surface area contributed by atoms with Gasteiger partial charge in [0.05, 0.1) is 25.2 Å². The molecule has 2 aromatic carbocycles. The summed E-state index contributed by atoms with van der Waals surface area (Å²) in [5, 5.41) is 9.86. The number of carbonyl (C=O) groups excluding carboxylic acids is 1. The summed E-state index contributed by atoms with van der Waals surface area (Å²) in [5.74, 6) is 0.128. The second kappa shape index (κ2) is 7.10. The second-order valence-corrected chi connectivity index (χ2v) is 5.65. The number of carbonyl (C=O) groups is 1. The molecule has 4 nitrogen and oxygen atoms in total. The summed E-state index contributed by atoms with van der Waals surface area (Å²) in [7, 11) is 1.49. The van der Waals surface area contributed by atoms with Crippen molar-refractivity contribution in [2.75, 3.05) is 7.11 Å². The maximum atomic E-state index is 13.0. The van der Waals surface area contributed by atoms with Crippen molar-refractivity contribution in [1.82, 2.24) is 4.98 Å². The third kappa shape index (κ3) is 3.33. The Hall–Kier alpha value is -3.26. The SMILES string of the molecule is COc1c(C=O)cc(CC#N)c2cc(Cc3ccc(F)cc3)cnc12. The molecule has 0 fully saturated rings. The molecule has 0 radical (unpaired) electrons. The highest BCUT2D eigenvalue weighted by molar-refractivity contribution is 5.96. The molecule has 0 spiro atoms. The van der Waals surface area contributed by atoms with Gasteiger partial charge in [0.2, 0.25) is 0 Å². The van der Waals surface area contributed by atoms with Crippen LogP contribution in [0.25, 0.3) is 10.9 Å². The number of methoxy groups -OCH3 is 1. The van der Waals surface area contributed by atoms with Crippen molar-refractivity contribution in [1.29, 1.82) is 5.26 Å². The first-order chi connectivity index (χ1) is 12.2. The normalized spacial score (nSPS) is 10.4. The predicted molar refractivity (Wildman–Crippen MR) is 92.2 cm³/mol. The van der Waals surface area contributed by atoms with E-state index in [1.807, 2.05) is 6.07 Å². The molecule has 5 heteroatoms. The molecule has 3 aromatic rings. The number of hydrogen-bond acceptors (Lipinski definition) is 4. The summed E-state index contributed by atoms with van der Waals surface area (Å²) >= 11 is 0. The van der Waals surface area contributed by atoms with Gasteiger partial charge in [-0.1, -0.05) is 12.1 Å². The second-order valence-electron chi connectivity index (χ2n) is 5.65. The van der Waals surface area contributed by atoms with Crippen LogP contribution in [0.5, 0.6) is 5.75 Å². The molecule has 0 saturated carbocycles. The van der Waals surface area contributed by atoms with Crippen LogP contribution in [0.15, 0.2) is 42.6 Å². The standard InChI is InChI=1S/C20H15FN2O2/c1-25-20-16(12-24)10-15(6-7-22)18-9-14(11-23-19(18)20)8-13-2-4-17(21)5-3-13/h2-5,9-12H,6,8H2,1H3. The Bertz CT molecular complexity index is 976. The maximum absolute atomic E-state index is 13.0. The Morgan fingerprint density at radius 1 is 1.24 bits per heavy atom. The predicted octanol–water partition coefficient (Wildman–Crippen LogP) is 3.85. The lowest BCUT2D eigenvalue weighted by Gasteiger charge is -2.12. The van der Waals surface area contributed by atoms with E-state index in [1.54, 1.807) is 24.4 Å². The quantitative estimate of drug-likeness (QED) is 0.665. The van der Waals surface area contributed by atoms with Crippen LogP contribution in [-0.4, -0.2) is 18.4 Å². The zero-order chi connectivity index (χ0) is 17.8. The highest BCUT2D eigenvalue weighted by Crippen LogP contribution is 2.31. The van der Waals surface area contributed by atoms with Crippen LogP contribution in [0.3, 0.4) is 0 Å². The summed E-state index contributed by atoms with van der Waals surface area (Å²) in [6.45, 7) is 0. The molecule has 25 heavy (non-hydrogen) atoms. The smallest absolute Gasteiger partial charge is 0.155 e. The van der Waals surface area contributed by atoms with Crippen LogP contribution >= 0.6 is 0 Å². The average molecular weight is 334 g/mol. The Morgan fingerprint density at radius 2 is 2.00 bits per heavy atom. The first kappa shape index (κ1) is 16.6. The van der Waals surface area contributed by atoms with Crippen molar-refractivity contribution < 1.29 is 13.9 Å². The zero-order valence-electron chi connectivity index (χ0n) is 13.6. The largest absolute Gasteiger partial charge is 0.494 e. The lowest BCUT2D eigenvalue weighted by Crippen LogP contribution is -1.99. The van der Waals surface area contributed by atoms with Crippen LogP contribution in [0, 0.1) is 17.1 Å². The van der Waals surface area contributed by atoms with Gasteiger partial charge in [-0.25, -0.2) is 4.39 Å². The van der Waals surface area contributed by atoms with E-state index in [0.29, 0.717) is 29.5 Å². The van der Waals surface area contributed by atoms with Crippen molar-refractivity contribution in [2.45, 2.75) is 12.8 Å². The number of pyridine rings is 1. The molecule has 0 N–H and O–H groups in total. The van der Waals surface area contributed by atoms with Gasteiger partial charge in [0.25, 0.3) is 0 Å². The van der Waals surface area contributed by atoms with Crippen molar-refractivity contribution >= 4 is 17.2 Å². The van der Waals surface area contributed by atoms with Crippen molar-refractivity contribution in [3.63, 3.8) is 0 Å². The molecular formula is C20H15FN2O2. The summed E-state index contributed by atoms with van der Waals surface area (Å²) < 4.78 is 18.4. The van der Waals surface area contributed by atoms with Gasteiger partial charge in [-0.05, 0) is 47.4 Å². The van der Waals surface area contributed by atoms with E-state index in [-0.39, 0.29) is 12.2 Å².